The molecule has 2 aromatic rings. The summed E-state index contributed by atoms with van der Waals surface area (Å²) in [6.45, 7) is 0. The molecule has 2 rings (SSSR count). The predicted octanol–water partition coefficient (Wildman–Crippen LogP) is 4.37. The minimum atomic E-state index is -0.791. The van der Waals surface area contributed by atoms with Gasteiger partial charge in [-0.2, -0.15) is 4.39 Å². The van der Waals surface area contributed by atoms with Crippen molar-refractivity contribution in [3.63, 3.8) is 0 Å². The molecule has 0 atom stereocenters. The van der Waals surface area contributed by atoms with Crippen LogP contribution in [0, 0.1) is 15.9 Å². The summed E-state index contributed by atoms with van der Waals surface area (Å²) in [5.41, 5.74) is 6.20. The van der Waals surface area contributed by atoms with Crippen LogP contribution in [0.15, 0.2) is 45.8 Å². The Morgan fingerprint density at radius 2 is 2.10 bits per heavy atom. The summed E-state index contributed by atoms with van der Waals surface area (Å²) in [6, 6.07) is 9.57. The van der Waals surface area contributed by atoms with Gasteiger partial charge in [-0.3, -0.25) is 10.1 Å². The van der Waals surface area contributed by atoms with Gasteiger partial charge in [0.05, 0.1) is 4.92 Å². The fourth-order valence-corrected chi connectivity index (χ4v) is 2.93. The lowest BCUT2D eigenvalue weighted by Gasteiger charge is -2.07. The minimum Gasteiger partial charge on any atom is -0.398 e. The van der Waals surface area contributed by atoms with Crippen molar-refractivity contribution in [3.8, 4) is 0 Å². The van der Waals surface area contributed by atoms with Crippen molar-refractivity contribution in [2.24, 2.45) is 0 Å². The second-order valence-corrected chi connectivity index (χ2v) is 5.91. The molecule has 0 fully saturated rings. The highest BCUT2D eigenvalue weighted by Gasteiger charge is 2.17. The van der Waals surface area contributed by atoms with Gasteiger partial charge in [0.15, 0.2) is 0 Å². The number of benzene rings is 2. The van der Waals surface area contributed by atoms with E-state index in [1.807, 2.05) is 12.1 Å². The number of nitrogen functional groups attached to an aromatic ring is 1. The molecule has 0 aliphatic heterocycles. The Hall–Kier alpha value is -1.60. The first kappa shape index (κ1) is 14.8. The fraction of sp³-hybridized carbons (Fsp3) is 0.0769. The third-order valence-corrected chi connectivity index (χ3v) is 4.24. The molecule has 20 heavy (non-hydrogen) atoms. The molecule has 0 bridgehead atoms. The van der Waals surface area contributed by atoms with Crippen molar-refractivity contribution in [2.75, 3.05) is 5.73 Å². The number of nitro groups is 1. The largest absolute Gasteiger partial charge is 0.398 e. The number of anilines is 1. The minimum absolute atomic E-state index is 0.277. The van der Waals surface area contributed by atoms with Crippen molar-refractivity contribution >= 4 is 39.1 Å². The number of rotatable bonds is 4. The first-order valence-corrected chi connectivity index (χ1v) is 7.36. The monoisotopic (exact) mass is 356 g/mol. The van der Waals surface area contributed by atoms with Gasteiger partial charge in [0, 0.05) is 32.4 Å². The molecule has 0 amide bonds. The van der Waals surface area contributed by atoms with E-state index in [0.717, 1.165) is 15.4 Å². The number of nitrogens with zero attached hydrogens (tertiary/aromatic N) is 1. The highest BCUT2D eigenvalue weighted by molar-refractivity contribution is 9.10. The van der Waals surface area contributed by atoms with Gasteiger partial charge in [0.25, 0.3) is 0 Å². The lowest BCUT2D eigenvalue weighted by molar-refractivity contribution is -0.387. The third-order valence-electron chi connectivity index (χ3n) is 2.61. The van der Waals surface area contributed by atoms with E-state index >= 15 is 0 Å². The number of thioether (sulfide) groups is 1. The maximum atomic E-state index is 13.9. The van der Waals surface area contributed by atoms with Crippen LogP contribution < -0.4 is 5.73 Å². The first-order valence-electron chi connectivity index (χ1n) is 5.58. The Labute approximate surface area is 127 Å². The highest BCUT2D eigenvalue weighted by atomic mass is 79.9. The standard InChI is InChI=1S/C13H10BrFN2O2S/c14-9-4-5-12(10(16)6-9)20-7-8-2-1-3-11(13(8)15)17(18)19/h1-6H,7,16H2. The fourth-order valence-electron chi connectivity index (χ4n) is 1.62. The van der Waals surface area contributed by atoms with E-state index in [-0.39, 0.29) is 11.3 Å². The van der Waals surface area contributed by atoms with Gasteiger partial charge < -0.3 is 5.73 Å². The molecule has 0 spiro atoms. The lowest BCUT2D eigenvalue weighted by atomic mass is 10.2. The average molecular weight is 357 g/mol. The van der Waals surface area contributed by atoms with Crippen LogP contribution >= 0.6 is 27.7 Å². The molecule has 0 radical (unpaired) electrons. The van der Waals surface area contributed by atoms with Crippen molar-refractivity contribution in [3.05, 3.63) is 62.4 Å². The molecule has 7 heteroatoms. The zero-order valence-corrected chi connectivity index (χ0v) is 12.6. The summed E-state index contributed by atoms with van der Waals surface area (Å²) in [4.78, 5) is 10.8. The molecule has 0 aromatic heterocycles. The zero-order valence-electron chi connectivity index (χ0n) is 10.2. The maximum absolute atomic E-state index is 13.9. The number of hydrogen-bond donors (Lipinski definition) is 1. The van der Waals surface area contributed by atoms with Gasteiger partial charge in [-0.1, -0.05) is 28.1 Å². The molecule has 4 nitrogen and oxygen atoms in total. The first-order chi connectivity index (χ1) is 9.49. The van der Waals surface area contributed by atoms with Crippen LogP contribution in [-0.4, -0.2) is 4.92 Å². The maximum Gasteiger partial charge on any atom is 0.305 e. The van der Waals surface area contributed by atoms with Gasteiger partial charge in [0.2, 0.25) is 5.82 Å². The zero-order chi connectivity index (χ0) is 14.7. The molecular formula is C13H10BrFN2O2S. The van der Waals surface area contributed by atoms with E-state index in [4.69, 9.17) is 5.73 Å². The molecule has 2 aromatic carbocycles. The molecule has 0 heterocycles. The molecule has 0 aliphatic carbocycles. The number of nitro benzene ring substituents is 1. The van der Waals surface area contributed by atoms with Crippen LogP contribution in [0.2, 0.25) is 0 Å². The van der Waals surface area contributed by atoms with Gasteiger partial charge >= 0.3 is 5.69 Å². The lowest BCUT2D eigenvalue weighted by Crippen LogP contribution is -1.96. The highest BCUT2D eigenvalue weighted by Crippen LogP contribution is 2.32. The van der Waals surface area contributed by atoms with Crippen molar-refractivity contribution in [2.45, 2.75) is 10.6 Å². The smallest absolute Gasteiger partial charge is 0.305 e. The third kappa shape index (κ3) is 3.29. The summed E-state index contributed by atoms with van der Waals surface area (Å²) in [5.74, 6) is -0.514. The molecule has 0 saturated carbocycles. The van der Waals surface area contributed by atoms with Crippen LogP contribution in [0.4, 0.5) is 15.8 Å². The summed E-state index contributed by atoms with van der Waals surface area (Å²) in [6.07, 6.45) is 0. The molecule has 0 saturated heterocycles. The van der Waals surface area contributed by atoms with Gasteiger partial charge in [-0.15, -0.1) is 11.8 Å². The van der Waals surface area contributed by atoms with Crippen LogP contribution in [-0.2, 0) is 5.75 Å². The predicted molar refractivity (Wildman–Crippen MR) is 81.2 cm³/mol. The van der Waals surface area contributed by atoms with Crippen LogP contribution in [0.1, 0.15) is 5.56 Å². The number of nitrogens with two attached hydrogens (primary N) is 1. The topological polar surface area (TPSA) is 69.2 Å². The molecule has 0 unspecified atom stereocenters. The quantitative estimate of drug-likeness (QED) is 0.382. The van der Waals surface area contributed by atoms with Gasteiger partial charge in [-0.05, 0) is 18.2 Å². The SMILES string of the molecule is Nc1cc(Br)ccc1SCc1cccc([N+](=O)[O-])c1F. The van der Waals surface area contributed by atoms with E-state index in [9.17, 15) is 14.5 Å². The van der Waals surface area contributed by atoms with Crippen molar-refractivity contribution in [1.82, 2.24) is 0 Å². The van der Waals surface area contributed by atoms with Crippen LogP contribution in [0.25, 0.3) is 0 Å². The Kier molecular flexibility index (Phi) is 4.61. The van der Waals surface area contributed by atoms with Gasteiger partial charge in [0.1, 0.15) is 0 Å². The Morgan fingerprint density at radius 1 is 1.35 bits per heavy atom. The Bertz CT molecular complexity index is 667. The van der Waals surface area contributed by atoms with Gasteiger partial charge in [-0.25, -0.2) is 0 Å². The Morgan fingerprint density at radius 3 is 2.75 bits per heavy atom. The normalized spacial score (nSPS) is 10.5. The van der Waals surface area contributed by atoms with E-state index in [1.54, 1.807) is 6.07 Å². The molecule has 2 N–H and O–H groups in total. The van der Waals surface area contributed by atoms with E-state index in [0.29, 0.717) is 5.69 Å². The Balaban J connectivity index is 2.19. The summed E-state index contributed by atoms with van der Waals surface area (Å²) >= 11 is 4.64. The van der Waals surface area contributed by atoms with Crippen molar-refractivity contribution in [1.29, 1.82) is 0 Å². The summed E-state index contributed by atoms with van der Waals surface area (Å²) in [7, 11) is 0. The molecule has 0 aliphatic rings. The number of hydrogen-bond acceptors (Lipinski definition) is 4. The van der Waals surface area contributed by atoms with E-state index in [1.165, 1.54) is 23.9 Å². The second-order valence-electron chi connectivity index (χ2n) is 3.98. The van der Waals surface area contributed by atoms with E-state index in [2.05, 4.69) is 15.9 Å². The van der Waals surface area contributed by atoms with Crippen LogP contribution in [0.3, 0.4) is 0 Å². The number of halogens is 2. The van der Waals surface area contributed by atoms with Crippen LogP contribution in [0.5, 0.6) is 0 Å². The summed E-state index contributed by atoms with van der Waals surface area (Å²) in [5, 5.41) is 10.7. The second kappa shape index (κ2) is 6.23. The van der Waals surface area contributed by atoms with E-state index < -0.39 is 16.4 Å². The summed E-state index contributed by atoms with van der Waals surface area (Å²) < 4.78 is 14.8. The average Bonchev–Trinajstić information content (AvgIpc) is 2.39. The molecular weight excluding hydrogens is 347 g/mol. The van der Waals surface area contributed by atoms with Crippen molar-refractivity contribution < 1.29 is 9.31 Å². The molecule has 104 valence electrons.